The number of carbonyl (C=O) groups excluding carboxylic acids is 1. The third-order valence-corrected chi connectivity index (χ3v) is 4.86. The number of carbonyl (C=O) groups is 1. The lowest BCUT2D eigenvalue weighted by Crippen LogP contribution is -2.36. The lowest BCUT2D eigenvalue weighted by molar-refractivity contribution is 0.240. The monoisotopic (exact) mass is 350 g/mol. The van der Waals surface area contributed by atoms with Crippen LogP contribution in [0.2, 0.25) is 0 Å². The zero-order valence-corrected chi connectivity index (χ0v) is 14.4. The van der Waals surface area contributed by atoms with Gasteiger partial charge in [-0.3, -0.25) is 4.40 Å². The number of nitrogens with zero attached hydrogens (tertiary/aromatic N) is 2. The molecule has 0 saturated heterocycles. The minimum absolute atomic E-state index is 0.169. The van der Waals surface area contributed by atoms with Crippen LogP contribution in [0.15, 0.2) is 60.2 Å². The average molecular weight is 350 g/mol. The summed E-state index contributed by atoms with van der Waals surface area (Å²) in [6.07, 6.45) is 4.69. The van der Waals surface area contributed by atoms with Gasteiger partial charge in [0.05, 0.1) is 12.2 Å². The van der Waals surface area contributed by atoms with E-state index in [0.717, 1.165) is 17.1 Å². The Bertz CT molecular complexity index is 992. The Morgan fingerprint density at radius 3 is 2.88 bits per heavy atom. The SMILES string of the molecule is O=C(NCCc1ccc2ccccc2c1)NCc1cn2ccsc2n1. The normalized spacial score (nSPS) is 11.0. The summed E-state index contributed by atoms with van der Waals surface area (Å²) >= 11 is 1.58. The number of rotatable bonds is 5. The van der Waals surface area contributed by atoms with Crippen LogP contribution >= 0.6 is 11.3 Å². The first-order valence-electron chi connectivity index (χ1n) is 8.18. The van der Waals surface area contributed by atoms with Crippen molar-refractivity contribution in [2.75, 3.05) is 6.54 Å². The quantitative estimate of drug-likeness (QED) is 0.578. The Morgan fingerprint density at radius 1 is 1.12 bits per heavy atom. The molecule has 0 aliphatic carbocycles. The molecule has 4 rings (SSSR count). The fourth-order valence-electron chi connectivity index (χ4n) is 2.81. The van der Waals surface area contributed by atoms with E-state index in [2.05, 4.69) is 45.9 Å². The lowest BCUT2D eigenvalue weighted by atomic mass is 10.1. The Balaban J connectivity index is 1.25. The summed E-state index contributed by atoms with van der Waals surface area (Å²) in [4.78, 5) is 17.3. The largest absolute Gasteiger partial charge is 0.338 e. The van der Waals surface area contributed by atoms with Gasteiger partial charge in [0.25, 0.3) is 0 Å². The van der Waals surface area contributed by atoms with Crippen molar-refractivity contribution in [3.8, 4) is 0 Å². The third-order valence-electron chi connectivity index (χ3n) is 4.09. The van der Waals surface area contributed by atoms with E-state index >= 15 is 0 Å². The number of imidazole rings is 1. The molecule has 0 bridgehead atoms. The molecule has 5 nitrogen and oxygen atoms in total. The second-order valence-corrected chi connectivity index (χ2v) is 6.74. The molecule has 6 heteroatoms. The third kappa shape index (κ3) is 3.64. The van der Waals surface area contributed by atoms with Gasteiger partial charge in [-0.15, -0.1) is 11.3 Å². The van der Waals surface area contributed by atoms with Crippen LogP contribution in [0.4, 0.5) is 4.79 Å². The molecule has 0 fully saturated rings. The summed E-state index contributed by atoms with van der Waals surface area (Å²) in [5, 5.41) is 10.2. The van der Waals surface area contributed by atoms with Gasteiger partial charge in [-0.25, -0.2) is 9.78 Å². The van der Waals surface area contributed by atoms with Crippen LogP contribution in [-0.2, 0) is 13.0 Å². The minimum atomic E-state index is -0.169. The molecule has 0 saturated carbocycles. The van der Waals surface area contributed by atoms with E-state index < -0.39 is 0 Å². The molecule has 0 aliphatic heterocycles. The Labute approximate surface area is 149 Å². The molecule has 0 atom stereocenters. The van der Waals surface area contributed by atoms with Gasteiger partial charge in [-0.1, -0.05) is 42.5 Å². The Morgan fingerprint density at radius 2 is 2.00 bits per heavy atom. The van der Waals surface area contributed by atoms with Crippen molar-refractivity contribution in [2.45, 2.75) is 13.0 Å². The van der Waals surface area contributed by atoms with Crippen molar-refractivity contribution in [2.24, 2.45) is 0 Å². The summed E-state index contributed by atoms with van der Waals surface area (Å²) < 4.78 is 1.96. The molecule has 0 unspecified atom stereocenters. The van der Waals surface area contributed by atoms with Gasteiger partial charge in [0.15, 0.2) is 4.96 Å². The van der Waals surface area contributed by atoms with E-state index in [9.17, 15) is 4.79 Å². The first-order chi connectivity index (χ1) is 12.3. The van der Waals surface area contributed by atoms with Crippen LogP contribution in [0.1, 0.15) is 11.3 Å². The number of hydrogen-bond donors (Lipinski definition) is 2. The predicted octanol–water partition coefficient (Wildman–Crippen LogP) is 3.59. The Kier molecular flexibility index (Phi) is 4.35. The van der Waals surface area contributed by atoms with Crippen molar-refractivity contribution < 1.29 is 4.79 Å². The molecule has 0 radical (unpaired) electrons. The zero-order valence-electron chi connectivity index (χ0n) is 13.6. The fraction of sp³-hybridized carbons (Fsp3) is 0.158. The van der Waals surface area contributed by atoms with Crippen LogP contribution in [-0.4, -0.2) is 22.0 Å². The summed E-state index contributed by atoms with van der Waals surface area (Å²) in [5.74, 6) is 0. The number of fused-ring (bicyclic) bond motifs is 2. The molecular weight excluding hydrogens is 332 g/mol. The highest BCUT2D eigenvalue weighted by molar-refractivity contribution is 7.15. The number of urea groups is 1. The van der Waals surface area contributed by atoms with Gasteiger partial charge in [0.2, 0.25) is 0 Å². The topological polar surface area (TPSA) is 58.4 Å². The van der Waals surface area contributed by atoms with Crippen LogP contribution in [0, 0.1) is 0 Å². The molecule has 0 aliphatic rings. The summed E-state index contributed by atoms with van der Waals surface area (Å²) in [6.45, 7) is 1.03. The number of benzene rings is 2. The molecule has 2 aromatic heterocycles. The number of amides is 2. The van der Waals surface area contributed by atoms with E-state index in [4.69, 9.17) is 0 Å². The van der Waals surface area contributed by atoms with Gasteiger partial charge in [-0.05, 0) is 22.8 Å². The second-order valence-electron chi connectivity index (χ2n) is 5.87. The summed E-state index contributed by atoms with van der Waals surface area (Å²) in [6, 6.07) is 14.5. The molecule has 2 N–H and O–H groups in total. The van der Waals surface area contributed by atoms with Crippen LogP contribution < -0.4 is 10.6 Å². The molecular formula is C19H18N4OS. The Hall–Kier alpha value is -2.86. The van der Waals surface area contributed by atoms with Crippen LogP contribution in [0.3, 0.4) is 0 Å². The summed E-state index contributed by atoms with van der Waals surface area (Å²) in [7, 11) is 0. The number of nitrogens with one attached hydrogen (secondary N) is 2. The first kappa shape index (κ1) is 15.7. The van der Waals surface area contributed by atoms with E-state index in [1.165, 1.54) is 16.3 Å². The van der Waals surface area contributed by atoms with Crippen LogP contribution in [0.25, 0.3) is 15.7 Å². The average Bonchev–Trinajstić information content (AvgIpc) is 3.21. The highest BCUT2D eigenvalue weighted by Crippen LogP contribution is 2.15. The van der Waals surface area contributed by atoms with Gasteiger partial charge in [0, 0.05) is 24.3 Å². The van der Waals surface area contributed by atoms with Crippen molar-refractivity contribution in [3.05, 3.63) is 71.5 Å². The molecule has 25 heavy (non-hydrogen) atoms. The second kappa shape index (κ2) is 6.94. The predicted molar refractivity (Wildman–Crippen MR) is 101 cm³/mol. The maximum atomic E-state index is 11.9. The van der Waals surface area contributed by atoms with E-state index in [1.807, 2.05) is 34.3 Å². The van der Waals surface area contributed by atoms with Crippen molar-refractivity contribution >= 4 is 33.1 Å². The van der Waals surface area contributed by atoms with Crippen molar-refractivity contribution in [3.63, 3.8) is 0 Å². The zero-order chi connectivity index (χ0) is 17.1. The smallest absolute Gasteiger partial charge is 0.315 e. The van der Waals surface area contributed by atoms with Gasteiger partial charge in [0.1, 0.15) is 0 Å². The molecule has 126 valence electrons. The van der Waals surface area contributed by atoms with Gasteiger partial charge >= 0.3 is 6.03 Å². The fourth-order valence-corrected chi connectivity index (χ4v) is 3.53. The number of hydrogen-bond acceptors (Lipinski definition) is 3. The molecule has 4 aromatic rings. The van der Waals surface area contributed by atoms with Gasteiger partial charge in [-0.2, -0.15) is 0 Å². The number of aromatic nitrogens is 2. The molecule has 2 heterocycles. The molecule has 2 amide bonds. The maximum absolute atomic E-state index is 11.9. The molecule has 0 spiro atoms. The number of thiazole rings is 1. The minimum Gasteiger partial charge on any atom is -0.338 e. The lowest BCUT2D eigenvalue weighted by Gasteiger charge is -2.07. The van der Waals surface area contributed by atoms with Crippen molar-refractivity contribution in [1.82, 2.24) is 20.0 Å². The van der Waals surface area contributed by atoms with E-state index in [-0.39, 0.29) is 6.03 Å². The molecule has 2 aromatic carbocycles. The van der Waals surface area contributed by atoms with E-state index in [1.54, 1.807) is 11.3 Å². The van der Waals surface area contributed by atoms with Crippen molar-refractivity contribution in [1.29, 1.82) is 0 Å². The standard InChI is InChI=1S/C19H18N4OS/c24-18(21-12-17-13-23-9-10-25-19(23)22-17)20-8-7-14-5-6-15-3-1-2-4-16(15)11-14/h1-6,9-11,13H,7-8,12H2,(H2,20,21,24). The highest BCUT2D eigenvalue weighted by Gasteiger charge is 2.05. The first-order valence-corrected chi connectivity index (χ1v) is 9.06. The highest BCUT2D eigenvalue weighted by atomic mass is 32.1. The van der Waals surface area contributed by atoms with E-state index in [0.29, 0.717) is 13.1 Å². The van der Waals surface area contributed by atoms with Crippen LogP contribution in [0.5, 0.6) is 0 Å². The maximum Gasteiger partial charge on any atom is 0.315 e. The summed E-state index contributed by atoms with van der Waals surface area (Å²) in [5.41, 5.74) is 2.07. The van der Waals surface area contributed by atoms with Gasteiger partial charge < -0.3 is 10.6 Å².